The molecule has 0 aliphatic carbocycles. The summed E-state index contributed by atoms with van der Waals surface area (Å²) < 4.78 is 0. The Hall–Kier alpha value is -1.02. The van der Waals surface area contributed by atoms with Gasteiger partial charge in [-0.2, -0.15) is 0 Å². The van der Waals surface area contributed by atoms with Crippen LogP contribution in [0.2, 0.25) is 0 Å². The van der Waals surface area contributed by atoms with Crippen LogP contribution >= 0.6 is 0 Å². The van der Waals surface area contributed by atoms with Gasteiger partial charge in [-0.05, 0) is 37.3 Å². The largest absolute Gasteiger partial charge is 0.507 e. The lowest BCUT2D eigenvalue weighted by Gasteiger charge is -2.24. The third-order valence-electron chi connectivity index (χ3n) is 3.53. The summed E-state index contributed by atoms with van der Waals surface area (Å²) >= 11 is 0. The minimum Gasteiger partial charge on any atom is -0.507 e. The van der Waals surface area contributed by atoms with Gasteiger partial charge < -0.3 is 10.4 Å². The Morgan fingerprint density at radius 3 is 2.53 bits per heavy atom. The van der Waals surface area contributed by atoms with E-state index in [1.807, 2.05) is 0 Å². The summed E-state index contributed by atoms with van der Waals surface area (Å²) in [5.74, 6) is 0.488. The summed E-state index contributed by atoms with van der Waals surface area (Å²) in [5.41, 5.74) is 3.36. The molecule has 1 aliphatic rings. The van der Waals surface area contributed by atoms with Crippen molar-refractivity contribution in [2.75, 3.05) is 6.54 Å². The van der Waals surface area contributed by atoms with E-state index >= 15 is 0 Å². The van der Waals surface area contributed by atoms with Gasteiger partial charge in [0, 0.05) is 11.6 Å². The van der Waals surface area contributed by atoms with Crippen LogP contribution in [-0.2, 0) is 5.41 Å². The van der Waals surface area contributed by atoms with Crippen molar-refractivity contribution in [2.45, 2.75) is 52.0 Å². The quantitative estimate of drug-likeness (QED) is 0.779. The minimum atomic E-state index is -0.0105. The summed E-state index contributed by atoms with van der Waals surface area (Å²) in [6.07, 6.45) is 2.32. The molecule has 2 rings (SSSR count). The lowest BCUT2D eigenvalue weighted by molar-refractivity contribution is 0.431. The standard InChI is InChI=1S/C15H23NO/c1-10-8-11(13-6-5-7-16-13)14(17)12(9-10)15(2,3)4/h8-9,13,16-17H,5-7H2,1-4H3. The molecule has 0 saturated carbocycles. The number of benzene rings is 1. The van der Waals surface area contributed by atoms with Crippen LogP contribution in [0.5, 0.6) is 5.75 Å². The Morgan fingerprint density at radius 2 is 2.00 bits per heavy atom. The maximum absolute atomic E-state index is 10.5. The number of aromatic hydroxyl groups is 1. The average molecular weight is 233 g/mol. The molecule has 0 spiro atoms. The summed E-state index contributed by atoms with van der Waals surface area (Å²) in [5, 5.41) is 13.9. The van der Waals surface area contributed by atoms with Gasteiger partial charge in [0.2, 0.25) is 0 Å². The van der Waals surface area contributed by atoms with E-state index in [0.717, 1.165) is 24.1 Å². The minimum absolute atomic E-state index is 0.0105. The third-order valence-corrected chi connectivity index (χ3v) is 3.53. The first kappa shape index (κ1) is 12.4. The van der Waals surface area contributed by atoms with Gasteiger partial charge in [-0.3, -0.25) is 0 Å². The molecule has 2 nitrogen and oxygen atoms in total. The van der Waals surface area contributed by atoms with Crippen LogP contribution in [0.4, 0.5) is 0 Å². The summed E-state index contributed by atoms with van der Waals surface area (Å²) in [4.78, 5) is 0. The normalized spacial score (nSPS) is 20.8. The van der Waals surface area contributed by atoms with E-state index in [2.05, 4.69) is 45.1 Å². The molecule has 1 heterocycles. The molecule has 1 aromatic rings. The molecule has 0 bridgehead atoms. The molecular weight excluding hydrogens is 210 g/mol. The molecule has 2 heteroatoms. The SMILES string of the molecule is Cc1cc(C2CCCN2)c(O)c(C(C)(C)C)c1. The molecule has 2 N–H and O–H groups in total. The molecular formula is C15H23NO. The van der Waals surface area contributed by atoms with Crippen molar-refractivity contribution < 1.29 is 5.11 Å². The average Bonchev–Trinajstić information content (AvgIpc) is 2.72. The second kappa shape index (κ2) is 4.34. The zero-order valence-electron chi connectivity index (χ0n) is 11.3. The Bertz CT molecular complexity index is 412. The number of aryl methyl sites for hydroxylation is 1. The fourth-order valence-electron chi connectivity index (χ4n) is 2.59. The van der Waals surface area contributed by atoms with Crippen LogP contribution in [0.25, 0.3) is 0 Å². The highest BCUT2D eigenvalue weighted by molar-refractivity contribution is 5.48. The molecule has 1 aromatic carbocycles. The van der Waals surface area contributed by atoms with Crippen molar-refractivity contribution in [1.82, 2.24) is 5.32 Å². The molecule has 0 aromatic heterocycles. The zero-order valence-corrected chi connectivity index (χ0v) is 11.3. The van der Waals surface area contributed by atoms with Gasteiger partial charge in [0.1, 0.15) is 5.75 Å². The number of hydrogen-bond donors (Lipinski definition) is 2. The van der Waals surface area contributed by atoms with E-state index < -0.39 is 0 Å². The summed E-state index contributed by atoms with van der Waals surface area (Å²) in [6, 6.07) is 4.55. The summed E-state index contributed by atoms with van der Waals surface area (Å²) in [7, 11) is 0. The van der Waals surface area contributed by atoms with Gasteiger partial charge in [0.05, 0.1) is 0 Å². The lowest BCUT2D eigenvalue weighted by atomic mass is 9.83. The smallest absolute Gasteiger partial charge is 0.124 e. The van der Waals surface area contributed by atoms with E-state index in [0.29, 0.717) is 11.8 Å². The number of phenolic OH excluding ortho intramolecular Hbond substituents is 1. The molecule has 94 valence electrons. The maximum atomic E-state index is 10.5. The topological polar surface area (TPSA) is 32.3 Å². The van der Waals surface area contributed by atoms with Gasteiger partial charge in [-0.1, -0.05) is 38.5 Å². The van der Waals surface area contributed by atoms with Crippen LogP contribution in [0, 0.1) is 6.92 Å². The van der Waals surface area contributed by atoms with E-state index in [1.54, 1.807) is 0 Å². The molecule has 0 amide bonds. The number of hydrogen-bond acceptors (Lipinski definition) is 2. The molecule has 1 fully saturated rings. The fraction of sp³-hybridized carbons (Fsp3) is 0.600. The molecule has 1 atom stereocenters. The number of nitrogens with one attached hydrogen (secondary N) is 1. The van der Waals surface area contributed by atoms with Crippen molar-refractivity contribution >= 4 is 0 Å². The van der Waals surface area contributed by atoms with Crippen LogP contribution in [0.15, 0.2) is 12.1 Å². The van der Waals surface area contributed by atoms with Crippen LogP contribution < -0.4 is 5.32 Å². The second-order valence-electron chi connectivity index (χ2n) is 6.15. The predicted molar refractivity (Wildman–Crippen MR) is 71.5 cm³/mol. The predicted octanol–water partition coefficient (Wildman–Crippen LogP) is 3.42. The fourth-order valence-corrected chi connectivity index (χ4v) is 2.59. The summed E-state index contributed by atoms with van der Waals surface area (Å²) in [6.45, 7) is 9.60. The Labute approximate surface area is 104 Å². The molecule has 17 heavy (non-hydrogen) atoms. The first-order valence-electron chi connectivity index (χ1n) is 6.47. The molecule has 0 radical (unpaired) electrons. The van der Waals surface area contributed by atoms with Gasteiger partial charge >= 0.3 is 0 Å². The van der Waals surface area contributed by atoms with Crippen molar-refractivity contribution in [1.29, 1.82) is 0 Å². The Morgan fingerprint density at radius 1 is 1.29 bits per heavy atom. The van der Waals surface area contributed by atoms with Gasteiger partial charge in [0.25, 0.3) is 0 Å². The van der Waals surface area contributed by atoms with Crippen molar-refractivity contribution in [3.05, 3.63) is 28.8 Å². The van der Waals surface area contributed by atoms with E-state index in [-0.39, 0.29) is 5.41 Å². The molecule has 1 unspecified atom stereocenters. The van der Waals surface area contributed by atoms with Crippen molar-refractivity contribution in [3.8, 4) is 5.75 Å². The highest BCUT2D eigenvalue weighted by Crippen LogP contribution is 2.38. The molecule has 1 aliphatic heterocycles. The first-order valence-corrected chi connectivity index (χ1v) is 6.47. The van der Waals surface area contributed by atoms with E-state index in [1.165, 1.54) is 12.0 Å². The Balaban J connectivity index is 2.49. The third kappa shape index (κ3) is 2.47. The highest BCUT2D eigenvalue weighted by Gasteiger charge is 2.25. The van der Waals surface area contributed by atoms with Gasteiger partial charge in [-0.25, -0.2) is 0 Å². The van der Waals surface area contributed by atoms with Gasteiger partial charge in [0.15, 0.2) is 0 Å². The molecule has 1 saturated heterocycles. The zero-order chi connectivity index (χ0) is 12.6. The van der Waals surface area contributed by atoms with Gasteiger partial charge in [-0.15, -0.1) is 0 Å². The van der Waals surface area contributed by atoms with Crippen LogP contribution in [-0.4, -0.2) is 11.7 Å². The van der Waals surface area contributed by atoms with Crippen LogP contribution in [0.3, 0.4) is 0 Å². The number of phenols is 1. The maximum Gasteiger partial charge on any atom is 0.124 e. The van der Waals surface area contributed by atoms with Crippen molar-refractivity contribution in [3.63, 3.8) is 0 Å². The first-order chi connectivity index (χ1) is 7.89. The second-order valence-corrected chi connectivity index (χ2v) is 6.15. The monoisotopic (exact) mass is 233 g/mol. The van der Waals surface area contributed by atoms with E-state index in [9.17, 15) is 5.11 Å². The lowest BCUT2D eigenvalue weighted by Crippen LogP contribution is -2.17. The van der Waals surface area contributed by atoms with Crippen molar-refractivity contribution in [2.24, 2.45) is 0 Å². The van der Waals surface area contributed by atoms with Crippen LogP contribution in [0.1, 0.15) is 56.3 Å². The highest BCUT2D eigenvalue weighted by atomic mass is 16.3. The number of rotatable bonds is 1. The van der Waals surface area contributed by atoms with E-state index in [4.69, 9.17) is 0 Å². The Kier molecular flexibility index (Phi) is 3.17.